The standard InChI is InChI=1S/C18H29N3O4/c1-3-19-18(20-8-4-10-23-12-11-22-2)21-9-7-15-5-6-16-17(13-15)25-14-24-16/h5-6,13H,3-4,7-12,14H2,1-2H3,(H2,19,20,21). The summed E-state index contributed by atoms with van der Waals surface area (Å²) in [6.45, 7) is 6.69. The minimum atomic E-state index is 0.309. The van der Waals surface area contributed by atoms with Gasteiger partial charge in [-0.05, 0) is 37.5 Å². The van der Waals surface area contributed by atoms with Crippen LogP contribution in [0.4, 0.5) is 0 Å². The Morgan fingerprint density at radius 3 is 2.88 bits per heavy atom. The molecule has 1 heterocycles. The zero-order chi connectivity index (χ0) is 17.7. The van der Waals surface area contributed by atoms with Crippen LogP contribution in [0.5, 0.6) is 11.5 Å². The van der Waals surface area contributed by atoms with E-state index in [1.807, 2.05) is 12.1 Å². The zero-order valence-electron chi connectivity index (χ0n) is 15.2. The first-order valence-electron chi connectivity index (χ1n) is 8.81. The molecule has 0 saturated heterocycles. The second kappa shape index (κ2) is 11.5. The van der Waals surface area contributed by atoms with Crippen molar-refractivity contribution in [2.24, 2.45) is 4.99 Å². The molecule has 1 aromatic carbocycles. The van der Waals surface area contributed by atoms with Crippen molar-refractivity contribution in [1.82, 2.24) is 10.6 Å². The second-order valence-electron chi connectivity index (χ2n) is 5.58. The van der Waals surface area contributed by atoms with Crippen LogP contribution in [0, 0.1) is 0 Å². The summed E-state index contributed by atoms with van der Waals surface area (Å²) in [6.07, 6.45) is 1.78. The van der Waals surface area contributed by atoms with Crippen LogP contribution >= 0.6 is 0 Å². The fraction of sp³-hybridized carbons (Fsp3) is 0.611. The Kier molecular flexibility index (Phi) is 8.93. The van der Waals surface area contributed by atoms with Gasteiger partial charge in [0.25, 0.3) is 0 Å². The summed E-state index contributed by atoms with van der Waals surface area (Å²) in [5, 5.41) is 6.61. The Balaban J connectivity index is 1.67. The lowest BCUT2D eigenvalue weighted by Crippen LogP contribution is -2.38. The number of aliphatic imine (C=N–C) groups is 1. The number of fused-ring (bicyclic) bond motifs is 1. The molecule has 0 bridgehead atoms. The fourth-order valence-electron chi connectivity index (χ4n) is 2.37. The number of ether oxygens (including phenoxy) is 4. The van der Waals surface area contributed by atoms with E-state index in [1.54, 1.807) is 7.11 Å². The molecule has 0 radical (unpaired) electrons. The topological polar surface area (TPSA) is 73.3 Å². The van der Waals surface area contributed by atoms with E-state index < -0.39 is 0 Å². The molecule has 0 aromatic heterocycles. The third kappa shape index (κ3) is 7.19. The normalized spacial score (nSPS) is 13.1. The van der Waals surface area contributed by atoms with Gasteiger partial charge in [0.05, 0.1) is 13.2 Å². The van der Waals surface area contributed by atoms with Gasteiger partial charge in [0.2, 0.25) is 6.79 Å². The van der Waals surface area contributed by atoms with Crippen molar-refractivity contribution in [2.45, 2.75) is 19.8 Å². The lowest BCUT2D eigenvalue weighted by Gasteiger charge is -2.11. The zero-order valence-corrected chi connectivity index (χ0v) is 15.2. The first-order chi connectivity index (χ1) is 12.3. The molecule has 0 saturated carbocycles. The van der Waals surface area contributed by atoms with E-state index >= 15 is 0 Å². The van der Waals surface area contributed by atoms with Crippen LogP contribution in [0.25, 0.3) is 0 Å². The molecule has 0 amide bonds. The van der Waals surface area contributed by atoms with Gasteiger partial charge in [0.15, 0.2) is 17.5 Å². The smallest absolute Gasteiger partial charge is 0.231 e. The summed E-state index contributed by atoms with van der Waals surface area (Å²) >= 11 is 0. The van der Waals surface area contributed by atoms with Gasteiger partial charge in [-0.2, -0.15) is 0 Å². The maximum Gasteiger partial charge on any atom is 0.231 e. The van der Waals surface area contributed by atoms with Gasteiger partial charge >= 0.3 is 0 Å². The van der Waals surface area contributed by atoms with Gasteiger partial charge in [-0.15, -0.1) is 0 Å². The molecular formula is C18H29N3O4. The molecule has 0 spiro atoms. The number of nitrogens with one attached hydrogen (secondary N) is 2. The highest BCUT2D eigenvalue weighted by atomic mass is 16.7. The molecule has 0 fully saturated rings. The van der Waals surface area contributed by atoms with Gasteiger partial charge in [-0.25, -0.2) is 0 Å². The third-order valence-corrected chi connectivity index (χ3v) is 3.64. The summed E-state index contributed by atoms with van der Waals surface area (Å²) in [5.41, 5.74) is 1.21. The van der Waals surface area contributed by atoms with Crippen LogP contribution in [-0.4, -0.2) is 59.3 Å². The van der Waals surface area contributed by atoms with Gasteiger partial charge in [-0.3, -0.25) is 4.99 Å². The Hall–Kier alpha value is -1.99. The predicted molar refractivity (Wildman–Crippen MR) is 97.6 cm³/mol. The number of nitrogens with zero attached hydrogens (tertiary/aromatic N) is 1. The molecule has 7 heteroatoms. The quantitative estimate of drug-likeness (QED) is 0.358. The molecule has 1 aliphatic rings. The van der Waals surface area contributed by atoms with Gasteiger partial charge in [-0.1, -0.05) is 6.07 Å². The van der Waals surface area contributed by atoms with Crippen LogP contribution in [0.2, 0.25) is 0 Å². The molecule has 1 aromatic rings. The minimum absolute atomic E-state index is 0.309. The Morgan fingerprint density at radius 2 is 2.04 bits per heavy atom. The molecule has 7 nitrogen and oxygen atoms in total. The van der Waals surface area contributed by atoms with E-state index in [4.69, 9.17) is 18.9 Å². The number of guanidine groups is 1. The fourth-order valence-corrected chi connectivity index (χ4v) is 2.37. The van der Waals surface area contributed by atoms with Gasteiger partial charge < -0.3 is 29.6 Å². The van der Waals surface area contributed by atoms with E-state index in [9.17, 15) is 0 Å². The first kappa shape index (κ1) is 19.3. The highest BCUT2D eigenvalue weighted by Gasteiger charge is 2.12. The molecule has 2 N–H and O–H groups in total. The van der Waals surface area contributed by atoms with Crippen LogP contribution in [0.1, 0.15) is 18.9 Å². The maximum absolute atomic E-state index is 5.43. The summed E-state index contributed by atoms with van der Waals surface area (Å²) < 4.78 is 21.1. The molecule has 140 valence electrons. The van der Waals surface area contributed by atoms with Gasteiger partial charge in [0, 0.05) is 33.4 Å². The monoisotopic (exact) mass is 351 g/mol. The van der Waals surface area contributed by atoms with Crippen molar-refractivity contribution in [2.75, 3.05) is 53.4 Å². The largest absolute Gasteiger partial charge is 0.454 e. The number of benzene rings is 1. The van der Waals surface area contributed by atoms with E-state index in [-0.39, 0.29) is 0 Å². The molecule has 0 atom stereocenters. The number of hydrogen-bond donors (Lipinski definition) is 2. The van der Waals surface area contributed by atoms with Crippen molar-refractivity contribution < 1.29 is 18.9 Å². The van der Waals surface area contributed by atoms with Crippen molar-refractivity contribution in [3.05, 3.63) is 23.8 Å². The van der Waals surface area contributed by atoms with Crippen molar-refractivity contribution in [1.29, 1.82) is 0 Å². The molecule has 2 rings (SSSR count). The van der Waals surface area contributed by atoms with E-state index in [0.717, 1.165) is 49.9 Å². The van der Waals surface area contributed by atoms with Crippen LogP contribution in [0.3, 0.4) is 0 Å². The summed E-state index contributed by atoms with van der Waals surface area (Å²) in [6, 6.07) is 6.06. The van der Waals surface area contributed by atoms with Gasteiger partial charge in [0.1, 0.15) is 0 Å². The minimum Gasteiger partial charge on any atom is -0.454 e. The van der Waals surface area contributed by atoms with E-state index in [0.29, 0.717) is 26.6 Å². The van der Waals surface area contributed by atoms with Crippen LogP contribution in [0.15, 0.2) is 23.2 Å². The molecule has 0 unspecified atom stereocenters. The maximum atomic E-state index is 5.43. The lowest BCUT2D eigenvalue weighted by atomic mass is 10.1. The van der Waals surface area contributed by atoms with Crippen LogP contribution in [-0.2, 0) is 15.9 Å². The number of rotatable bonds is 11. The summed E-state index contributed by atoms with van der Waals surface area (Å²) in [7, 11) is 1.67. The lowest BCUT2D eigenvalue weighted by molar-refractivity contribution is 0.0702. The second-order valence-corrected chi connectivity index (χ2v) is 5.58. The highest BCUT2D eigenvalue weighted by molar-refractivity contribution is 5.79. The highest BCUT2D eigenvalue weighted by Crippen LogP contribution is 2.32. The number of hydrogen-bond acceptors (Lipinski definition) is 5. The predicted octanol–water partition coefficient (Wildman–Crippen LogP) is 1.57. The van der Waals surface area contributed by atoms with Crippen LogP contribution < -0.4 is 20.1 Å². The molecular weight excluding hydrogens is 322 g/mol. The van der Waals surface area contributed by atoms with Crippen molar-refractivity contribution >= 4 is 5.96 Å². The Labute approximate surface area is 149 Å². The van der Waals surface area contributed by atoms with Crippen molar-refractivity contribution in [3.63, 3.8) is 0 Å². The Bertz CT molecular complexity index is 537. The SMILES string of the molecule is CCNC(=NCCCOCCOC)NCCc1ccc2c(c1)OCO2. The number of methoxy groups -OCH3 is 1. The average Bonchev–Trinajstić information content (AvgIpc) is 3.08. The Morgan fingerprint density at radius 1 is 1.16 bits per heavy atom. The molecule has 1 aliphatic heterocycles. The summed E-state index contributed by atoms with van der Waals surface area (Å²) in [4.78, 5) is 4.56. The van der Waals surface area contributed by atoms with Crippen molar-refractivity contribution in [3.8, 4) is 11.5 Å². The average molecular weight is 351 g/mol. The first-order valence-corrected chi connectivity index (χ1v) is 8.81. The molecule has 0 aliphatic carbocycles. The molecule has 25 heavy (non-hydrogen) atoms. The van der Waals surface area contributed by atoms with E-state index in [1.165, 1.54) is 5.56 Å². The van der Waals surface area contributed by atoms with E-state index in [2.05, 4.69) is 28.6 Å². The third-order valence-electron chi connectivity index (χ3n) is 3.64. The summed E-state index contributed by atoms with van der Waals surface area (Å²) in [5.74, 6) is 2.48.